The van der Waals surface area contributed by atoms with E-state index in [-0.39, 0.29) is 5.91 Å². The molecule has 0 aromatic carbocycles. The number of ether oxygens (including phenoxy) is 1. The van der Waals surface area contributed by atoms with Crippen LogP contribution in [-0.2, 0) is 4.74 Å². The number of nitrogens with zero attached hydrogens (tertiary/aromatic N) is 4. The van der Waals surface area contributed by atoms with E-state index in [0.29, 0.717) is 17.9 Å². The van der Waals surface area contributed by atoms with Crippen molar-refractivity contribution >= 4 is 11.7 Å². The molecule has 0 bridgehead atoms. The van der Waals surface area contributed by atoms with Crippen LogP contribution in [0.2, 0.25) is 0 Å². The van der Waals surface area contributed by atoms with Crippen molar-refractivity contribution in [1.29, 1.82) is 0 Å². The Hall–Kier alpha value is -1.73. The molecule has 2 aliphatic heterocycles. The minimum absolute atomic E-state index is 0.200. The van der Waals surface area contributed by atoms with Crippen molar-refractivity contribution in [2.24, 2.45) is 5.92 Å². The molecule has 0 radical (unpaired) electrons. The molecule has 1 aromatic rings. The number of hydrogen-bond donors (Lipinski definition) is 1. The van der Waals surface area contributed by atoms with E-state index in [1.807, 2.05) is 6.07 Å². The fourth-order valence-electron chi connectivity index (χ4n) is 4.03. The van der Waals surface area contributed by atoms with Gasteiger partial charge in [0.1, 0.15) is 0 Å². The van der Waals surface area contributed by atoms with Crippen molar-refractivity contribution in [3.63, 3.8) is 0 Å². The average molecular weight is 361 g/mol. The van der Waals surface area contributed by atoms with Gasteiger partial charge in [-0.2, -0.15) is 0 Å². The predicted molar refractivity (Wildman–Crippen MR) is 101 cm³/mol. The Morgan fingerprint density at radius 3 is 2.46 bits per heavy atom. The van der Waals surface area contributed by atoms with Crippen LogP contribution in [0.1, 0.15) is 43.6 Å². The van der Waals surface area contributed by atoms with Crippen LogP contribution in [-0.4, -0.2) is 73.0 Å². The number of carbonyl (C=O) groups is 1. The molecule has 3 rings (SSSR count). The Bertz CT molecular complexity index is 576. The summed E-state index contributed by atoms with van der Waals surface area (Å²) in [6, 6.07) is 3.64. The molecule has 0 spiro atoms. The molecular formula is C19H31N5O2. The molecule has 0 aliphatic carbocycles. The van der Waals surface area contributed by atoms with Gasteiger partial charge in [0.05, 0.1) is 12.2 Å². The fourth-order valence-corrected chi connectivity index (χ4v) is 4.03. The Kier molecular flexibility index (Phi) is 6.43. The largest absolute Gasteiger partial charge is 0.373 e. The predicted octanol–water partition coefficient (Wildman–Crippen LogP) is 1.55. The Morgan fingerprint density at radius 1 is 1.19 bits per heavy atom. The molecule has 144 valence electrons. The molecule has 26 heavy (non-hydrogen) atoms. The highest BCUT2D eigenvalue weighted by molar-refractivity contribution is 5.91. The van der Waals surface area contributed by atoms with Crippen molar-refractivity contribution in [2.45, 2.75) is 45.3 Å². The summed E-state index contributed by atoms with van der Waals surface area (Å²) in [5.41, 5.74) is 0.361. The van der Waals surface area contributed by atoms with Crippen LogP contribution in [0, 0.1) is 5.92 Å². The third kappa shape index (κ3) is 4.92. The number of nitrogens with one attached hydrogen (secondary N) is 1. The van der Waals surface area contributed by atoms with Gasteiger partial charge < -0.3 is 15.0 Å². The maximum Gasteiger partial charge on any atom is 0.271 e. The first-order valence-corrected chi connectivity index (χ1v) is 9.73. The number of piperidine rings is 1. The molecule has 2 fully saturated rings. The van der Waals surface area contributed by atoms with Gasteiger partial charge in [-0.25, -0.2) is 0 Å². The number of carbonyl (C=O) groups excluding carboxylic acids is 1. The molecule has 2 atom stereocenters. The fraction of sp³-hybridized carbons (Fsp3) is 0.737. The highest BCUT2D eigenvalue weighted by atomic mass is 16.5. The van der Waals surface area contributed by atoms with Gasteiger partial charge in [-0.15, -0.1) is 10.2 Å². The van der Waals surface area contributed by atoms with Crippen molar-refractivity contribution < 1.29 is 9.53 Å². The lowest BCUT2D eigenvalue weighted by Gasteiger charge is -2.37. The highest BCUT2D eigenvalue weighted by Crippen LogP contribution is 2.24. The summed E-state index contributed by atoms with van der Waals surface area (Å²) in [6.45, 7) is 9.62. The zero-order valence-corrected chi connectivity index (χ0v) is 16.1. The van der Waals surface area contributed by atoms with Crippen molar-refractivity contribution in [2.75, 3.05) is 44.7 Å². The maximum atomic E-state index is 11.5. The quantitative estimate of drug-likeness (QED) is 0.858. The molecule has 1 amide bonds. The zero-order chi connectivity index (χ0) is 18.5. The normalized spacial score (nSPS) is 25.3. The van der Waals surface area contributed by atoms with Gasteiger partial charge in [0.25, 0.3) is 5.91 Å². The van der Waals surface area contributed by atoms with E-state index in [1.165, 1.54) is 25.8 Å². The smallest absolute Gasteiger partial charge is 0.271 e. The van der Waals surface area contributed by atoms with Gasteiger partial charge in [0.2, 0.25) is 0 Å². The van der Waals surface area contributed by atoms with E-state index in [1.54, 1.807) is 13.1 Å². The Balaban J connectivity index is 1.43. The summed E-state index contributed by atoms with van der Waals surface area (Å²) in [5, 5.41) is 10.8. The average Bonchev–Trinajstić information content (AvgIpc) is 2.65. The van der Waals surface area contributed by atoms with Crippen molar-refractivity contribution in [3.05, 3.63) is 17.8 Å². The number of anilines is 1. The monoisotopic (exact) mass is 361 g/mol. The van der Waals surface area contributed by atoms with Crippen LogP contribution in [0.15, 0.2) is 12.1 Å². The second-order valence-corrected chi connectivity index (χ2v) is 7.59. The van der Waals surface area contributed by atoms with Gasteiger partial charge in [-0.05, 0) is 57.7 Å². The molecule has 2 aliphatic rings. The van der Waals surface area contributed by atoms with Crippen molar-refractivity contribution in [3.8, 4) is 0 Å². The van der Waals surface area contributed by atoms with E-state index in [9.17, 15) is 4.79 Å². The summed E-state index contributed by atoms with van der Waals surface area (Å²) >= 11 is 0. The lowest BCUT2D eigenvalue weighted by Crippen LogP contribution is -2.46. The van der Waals surface area contributed by atoms with Gasteiger partial charge in [0, 0.05) is 33.2 Å². The topological polar surface area (TPSA) is 70.6 Å². The first-order chi connectivity index (χ1) is 12.5. The second-order valence-electron chi connectivity index (χ2n) is 7.59. The van der Waals surface area contributed by atoms with Crippen molar-refractivity contribution in [1.82, 2.24) is 20.4 Å². The van der Waals surface area contributed by atoms with Gasteiger partial charge >= 0.3 is 0 Å². The van der Waals surface area contributed by atoms with Crippen LogP contribution in [0.4, 0.5) is 5.82 Å². The molecule has 2 unspecified atom stereocenters. The summed E-state index contributed by atoms with van der Waals surface area (Å²) in [4.78, 5) is 16.4. The molecular weight excluding hydrogens is 330 g/mol. The first-order valence-electron chi connectivity index (χ1n) is 9.73. The number of hydrogen-bond acceptors (Lipinski definition) is 6. The lowest BCUT2D eigenvalue weighted by atomic mass is 9.93. The third-order valence-corrected chi connectivity index (χ3v) is 5.40. The molecule has 3 heterocycles. The van der Waals surface area contributed by atoms with E-state index in [4.69, 9.17) is 4.74 Å². The van der Waals surface area contributed by atoms with Crippen LogP contribution in [0.5, 0.6) is 0 Å². The van der Waals surface area contributed by atoms with E-state index >= 15 is 0 Å². The first kappa shape index (κ1) is 19.0. The van der Waals surface area contributed by atoms with Crippen LogP contribution >= 0.6 is 0 Å². The number of amides is 1. The van der Waals surface area contributed by atoms with E-state index < -0.39 is 0 Å². The minimum Gasteiger partial charge on any atom is -0.373 e. The van der Waals surface area contributed by atoms with Gasteiger partial charge in [0.15, 0.2) is 11.5 Å². The number of aromatic nitrogens is 2. The summed E-state index contributed by atoms with van der Waals surface area (Å²) in [7, 11) is 1.60. The standard InChI is InChI=1S/C19H31N5O2/c1-14-12-23(13-15(2)26-14)9-6-16-7-10-24(11-8-16)18-5-4-17(21-22-18)19(25)20-3/h4-5,14-16H,6-13H2,1-3H3,(H,20,25). The maximum absolute atomic E-state index is 11.5. The lowest BCUT2D eigenvalue weighted by molar-refractivity contribution is -0.0690. The van der Waals surface area contributed by atoms with Crippen LogP contribution in [0.25, 0.3) is 0 Å². The van der Waals surface area contributed by atoms with E-state index in [2.05, 4.69) is 39.2 Å². The van der Waals surface area contributed by atoms with Crippen LogP contribution in [0.3, 0.4) is 0 Å². The second kappa shape index (κ2) is 8.77. The molecule has 7 heteroatoms. The summed E-state index contributed by atoms with van der Waals surface area (Å²) in [5.74, 6) is 1.44. The number of morpholine rings is 1. The summed E-state index contributed by atoms with van der Waals surface area (Å²) in [6.07, 6.45) is 4.32. The number of rotatable bonds is 5. The zero-order valence-electron chi connectivity index (χ0n) is 16.1. The molecule has 0 saturated carbocycles. The Labute approximate surface area is 156 Å². The molecule has 1 aromatic heterocycles. The van der Waals surface area contributed by atoms with E-state index in [0.717, 1.165) is 37.9 Å². The van der Waals surface area contributed by atoms with Crippen LogP contribution < -0.4 is 10.2 Å². The minimum atomic E-state index is -0.200. The SMILES string of the molecule is CNC(=O)c1ccc(N2CCC(CCN3CC(C)OC(C)C3)CC2)nn1. The van der Waals surface area contributed by atoms with Gasteiger partial charge in [-0.1, -0.05) is 0 Å². The molecule has 7 nitrogen and oxygen atoms in total. The highest BCUT2D eigenvalue weighted by Gasteiger charge is 2.25. The van der Waals surface area contributed by atoms with Gasteiger partial charge in [-0.3, -0.25) is 9.69 Å². The molecule has 2 saturated heterocycles. The Morgan fingerprint density at radius 2 is 1.88 bits per heavy atom. The molecule has 1 N–H and O–H groups in total. The summed E-state index contributed by atoms with van der Waals surface area (Å²) < 4.78 is 5.82. The third-order valence-electron chi connectivity index (χ3n) is 5.40.